The van der Waals surface area contributed by atoms with E-state index in [1.165, 1.54) is 0 Å². The molecule has 1 heterocycles. The van der Waals surface area contributed by atoms with Gasteiger partial charge in [0.25, 0.3) is 5.91 Å². The molecule has 1 aliphatic heterocycles. The van der Waals surface area contributed by atoms with E-state index < -0.39 is 0 Å². The molecule has 1 aliphatic rings. The number of hydrogen-bond donors (Lipinski definition) is 1. The van der Waals surface area contributed by atoms with Gasteiger partial charge in [-0.15, -0.1) is 0 Å². The minimum absolute atomic E-state index is 0.0702. The van der Waals surface area contributed by atoms with Crippen LogP contribution in [0.3, 0.4) is 0 Å². The van der Waals surface area contributed by atoms with Gasteiger partial charge in [0.1, 0.15) is 0 Å². The number of amides is 1. The minimum atomic E-state index is -0.0702. The Morgan fingerprint density at radius 1 is 1.24 bits per heavy atom. The fraction of sp³-hybridized carbons (Fsp3) is 0.650. The maximum Gasteiger partial charge on any atom is 0.251 e. The first-order chi connectivity index (χ1) is 12.0. The molecule has 0 saturated carbocycles. The fourth-order valence-electron chi connectivity index (χ4n) is 3.16. The van der Waals surface area contributed by atoms with Crippen molar-refractivity contribution in [3.05, 3.63) is 23.8 Å². The Morgan fingerprint density at radius 3 is 2.64 bits per heavy atom. The summed E-state index contributed by atoms with van der Waals surface area (Å²) in [5, 5.41) is 3.14. The van der Waals surface area contributed by atoms with Crippen molar-refractivity contribution < 1.29 is 19.0 Å². The molecule has 0 radical (unpaired) electrons. The molecule has 0 unspecified atom stereocenters. The highest BCUT2D eigenvalue weighted by Gasteiger charge is 2.25. The molecule has 1 amide bonds. The Balaban J connectivity index is 2.01. The molecule has 25 heavy (non-hydrogen) atoms. The minimum Gasteiger partial charge on any atom is -0.490 e. The van der Waals surface area contributed by atoms with E-state index in [4.69, 9.17) is 14.2 Å². The summed E-state index contributed by atoms with van der Waals surface area (Å²) >= 11 is 0. The van der Waals surface area contributed by atoms with Crippen molar-refractivity contribution in [1.29, 1.82) is 0 Å². The van der Waals surface area contributed by atoms with E-state index >= 15 is 0 Å². The number of benzene rings is 1. The average Bonchev–Trinajstić information content (AvgIpc) is 2.56. The van der Waals surface area contributed by atoms with Crippen LogP contribution in [-0.4, -0.2) is 37.9 Å². The highest BCUT2D eigenvalue weighted by Crippen LogP contribution is 2.29. The van der Waals surface area contributed by atoms with Gasteiger partial charge >= 0.3 is 0 Å². The molecule has 1 aromatic rings. The lowest BCUT2D eigenvalue weighted by atomic mass is 9.96. The van der Waals surface area contributed by atoms with Crippen LogP contribution in [0, 0.1) is 5.92 Å². The van der Waals surface area contributed by atoms with Gasteiger partial charge < -0.3 is 19.5 Å². The van der Waals surface area contributed by atoms with Crippen molar-refractivity contribution in [2.24, 2.45) is 5.92 Å². The molecule has 0 aliphatic carbocycles. The second-order valence-corrected chi connectivity index (χ2v) is 6.84. The number of hydrogen-bond acceptors (Lipinski definition) is 4. The Morgan fingerprint density at radius 2 is 1.96 bits per heavy atom. The highest BCUT2D eigenvalue weighted by molar-refractivity contribution is 5.95. The molecule has 5 heteroatoms. The Bertz CT molecular complexity index is 559. The van der Waals surface area contributed by atoms with Crippen molar-refractivity contribution in [1.82, 2.24) is 5.32 Å². The third-order valence-corrected chi connectivity index (χ3v) is 4.24. The van der Waals surface area contributed by atoms with Crippen LogP contribution in [-0.2, 0) is 4.74 Å². The van der Waals surface area contributed by atoms with Gasteiger partial charge in [-0.3, -0.25) is 4.79 Å². The summed E-state index contributed by atoms with van der Waals surface area (Å²) < 4.78 is 17.0. The summed E-state index contributed by atoms with van der Waals surface area (Å²) in [6.45, 7) is 10.0. The van der Waals surface area contributed by atoms with Crippen LogP contribution in [0.5, 0.6) is 11.5 Å². The predicted octanol–water partition coefficient (Wildman–Crippen LogP) is 3.81. The number of ether oxygens (including phenoxy) is 3. The summed E-state index contributed by atoms with van der Waals surface area (Å²) in [6, 6.07) is 5.50. The van der Waals surface area contributed by atoms with Crippen LogP contribution in [0.15, 0.2) is 18.2 Å². The fourth-order valence-corrected chi connectivity index (χ4v) is 3.16. The quantitative estimate of drug-likeness (QED) is 0.775. The van der Waals surface area contributed by atoms with Gasteiger partial charge in [0, 0.05) is 18.2 Å². The normalized spacial score (nSPS) is 20.4. The standard InChI is InChI=1S/C20H31NO4/c1-5-23-18-8-7-15(12-19(18)24-6-2)20(22)21-16-9-10-25-17(13-16)11-14(3)4/h7-8,12,14,16-17H,5-6,9-11,13H2,1-4H3,(H,21,22)/t16-,17-/m1/s1. The van der Waals surface area contributed by atoms with Gasteiger partial charge in [0.2, 0.25) is 0 Å². The molecule has 1 saturated heterocycles. The predicted molar refractivity (Wildman–Crippen MR) is 98.5 cm³/mol. The van der Waals surface area contributed by atoms with Crippen molar-refractivity contribution in [3.63, 3.8) is 0 Å². The highest BCUT2D eigenvalue weighted by atomic mass is 16.5. The van der Waals surface area contributed by atoms with Crippen LogP contribution in [0.2, 0.25) is 0 Å². The third-order valence-electron chi connectivity index (χ3n) is 4.24. The molecule has 2 rings (SSSR count). The van der Waals surface area contributed by atoms with Crippen LogP contribution in [0.4, 0.5) is 0 Å². The van der Waals surface area contributed by atoms with Crippen molar-refractivity contribution in [2.75, 3.05) is 19.8 Å². The van der Waals surface area contributed by atoms with E-state index in [0.717, 1.165) is 19.3 Å². The summed E-state index contributed by atoms with van der Waals surface area (Å²) in [6.07, 6.45) is 3.00. The number of carbonyl (C=O) groups excluding carboxylic acids is 1. The van der Waals surface area contributed by atoms with E-state index in [9.17, 15) is 4.79 Å². The maximum atomic E-state index is 12.6. The molecule has 1 N–H and O–H groups in total. The number of nitrogens with one attached hydrogen (secondary N) is 1. The molecule has 1 fully saturated rings. The lowest BCUT2D eigenvalue weighted by molar-refractivity contribution is -0.00846. The first-order valence-electron chi connectivity index (χ1n) is 9.35. The lowest BCUT2D eigenvalue weighted by Gasteiger charge is -2.31. The Kier molecular flexibility index (Phi) is 7.56. The van der Waals surface area contributed by atoms with E-state index in [2.05, 4.69) is 19.2 Å². The van der Waals surface area contributed by atoms with Gasteiger partial charge in [-0.1, -0.05) is 13.8 Å². The van der Waals surface area contributed by atoms with E-state index in [0.29, 0.717) is 42.8 Å². The second-order valence-electron chi connectivity index (χ2n) is 6.84. The van der Waals surface area contributed by atoms with Gasteiger partial charge in [-0.05, 0) is 57.2 Å². The molecule has 5 nitrogen and oxygen atoms in total. The number of rotatable bonds is 8. The molecule has 140 valence electrons. The van der Waals surface area contributed by atoms with Crippen molar-refractivity contribution in [3.8, 4) is 11.5 Å². The van der Waals surface area contributed by atoms with E-state index in [-0.39, 0.29) is 18.1 Å². The van der Waals surface area contributed by atoms with Crippen molar-refractivity contribution >= 4 is 5.91 Å². The van der Waals surface area contributed by atoms with E-state index in [1.807, 2.05) is 13.8 Å². The third kappa shape index (κ3) is 5.92. The topological polar surface area (TPSA) is 56.8 Å². The SMILES string of the molecule is CCOc1ccc(C(=O)N[C@@H]2CCO[C@H](CC(C)C)C2)cc1OCC. The lowest BCUT2D eigenvalue weighted by Crippen LogP contribution is -2.42. The molecule has 0 spiro atoms. The van der Waals surface area contributed by atoms with Gasteiger partial charge in [-0.2, -0.15) is 0 Å². The maximum absolute atomic E-state index is 12.6. The summed E-state index contributed by atoms with van der Waals surface area (Å²) in [7, 11) is 0. The Hall–Kier alpha value is -1.75. The first kappa shape index (κ1) is 19.6. The monoisotopic (exact) mass is 349 g/mol. The molecular formula is C20H31NO4. The van der Waals surface area contributed by atoms with Gasteiger partial charge in [-0.25, -0.2) is 0 Å². The summed E-state index contributed by atoms with van der Waals surface area (Å²) in [5.74, 6) is 1.81. The molecular weight excluding hydrogens is 318 g/mol. The second kappa shape index (κ2) is 9.66. The zero-order chi connectivity index (χ0) is 18.2. The zero-order valence-electron chi connectivity index (χ0n) is 15.8. The van der Waals surface area contributed by atoms with Crippen LogP contribution in [0.1, 0.15) is 57.3 Å². The zero-order valence-corrected chi connectivity index (χ0v) is 15.8. The van der Waals surface area contributed by atoms with Gasteiger partial charge in [0.15, 0.2) is 11.5 Å². The molecule has 1 aromatic carbocycles. The summed E-state index contributed by atoms with van der Waals surface area (Å²) in [5.41, 5.74) is 0.596. The number of carbonyl (C=O) groups is 1. The summed E-state index contributed by atoms with van der Waals surface area (Å²) in [4.78, 5) is 12.6. The van der Waals surface area contributed by atoms with Crippen LogP contribution < -0.4 is 14.8 Å². The van der Waals surface area contributed by atoms with Crippen molar-refractivity contribution in [2.45, 2.75) is 59.1 Å². The Labute approximate surface area is 151 Å². The van der Waals surface area contributed by atoms with Gasteiger partial charge in [0.05, 0.1) is 19.3 Å². The molecule has 2 atom stereocenters. The van der Waals surface area contributed by atoms with E-state index in [1.54, 1.807) is 18.2 Å². The molecule has 0 aromatic heterocycles. The largest absolute Gasteiger partial charge is 0.490 e. The average molecular weight is 349 g/mol. The smallest absolute Gasteiger partial charge is 0.251 e. The molecule has 0 bridgehead atoms. The first-order valence-corrected chi connectivity index (χ1v) is 9.35. The van der Waals surface area contributed by atoms with Crippen LogP contribution in [0.25, 0.3) is 0 Å². The van der Waals surface area contributed by atoms with Crippen LogP contribution >= 0.6 is 0 Å².